The second-order valence-electron chi connectivity index (χ2n) is 5.64. The van der Waals surface area contributed by atoms with Crippen molar-refractivity contribution in [3.05, 3.63) is 51.1 Å². The monoisotopic (exact) mass is 313 g/mol. The molecule has 0 spiro atoms. The molecule has 114 valence electrons. The number of aromatic amines is 1. The third kappa shape index (κ3) is 2.64. The van der Waals surface area contributed by atoms with E-state index in [0.717, 1.165) is 32.0 Å². The van der Waals surface area contributed by atoms with E-state index in [0.29, 0.717) is 6.54 Å². The van der Waals surface area contributed by atoms with Crippen molar-refractivity contribution in [1.29, 1.82) is 0 Å². The van der Waals surface area contributed by atoms with Gasteiger partial charge in [0.05, 0.1) is 11.6 Å². The molecule has 1 N–H and O–H groups in total. The van der Waals surface area contributed by atoms with Gasteiger partial charge in [-0.25, -0.2) is 4.98 Å². The van der Waals surface area contributed by atoms with Crippen LogP contribution < -0.4 is 0 Å². The summed E-state index contributed by atoms with van der Waals surface area (Å²) in [4.78, 5) is 23.0. The van der Waals surface area contributed by atoms with E-state index >= 15 is 0 Å². The Kier molecular flexibility index (Phi) is 3.74. The van der Waals surface area contributed by atoms with Gasteiger partial charge in [-0.2, -0.15) is 0 Å². The Morgan fingerprint density at radius 1 is 1.32 bits per heavy atom. The Morgan fingerprint density at radius 3 is 2.77 bits per heavy atom. The maximum absolute atomic E-state index is 12.6. The van der Waals surface area contributed by atoms with E-state index in [2.05, 4.69) is 23.8 Å². The van der Waals surface area contributed by atoms with Crippen molar-refractivity contribution in [1.82, 2.24) is 14.9 Å². The molecule has 4 nitrogen and oxygen atoms in total. The number of rotatable bonds is 3. The van der Waals surface area contributed by atoms with E-state index in [4.69, 9.17) is 0 Å². The molecular weight excluding hydrogens is 294 g/mol. The minimum Gasteiger partial charge on any atom is -0.358 e. The van der Waals surface area contributed by atoms with Crippen LogP contribution in [0.15, 0.2) is 24.4 Å². The summed E-state index contributed by atoms with van der Waals surface area (Å²) in [5.41, 5.74) is 4.14. The molecule has 22 heavy (non-hydrogen) atoms. The van der Waals surface area contributed by atoms with Crippen LogP contribution in [0.2, 0.25) is 0 Å². The van der Waals surface area contributed by atoms with E-state index < -0.39 is 0 Å². The molecule has 2 aromatic heterocycles. The normalized spacial score (nSPS) is 11.1. The van der Waals surface area contributed by atoms with Gasteiger partial charge in [0, 0.05) is 40.3 Å². The van der Waals surface area contributed by atoms with Gasteiger partial charge in [0.2, 0.25) is 0 Å². The fraction of sp³-hybridized carbons (Fsp3) is 0.294. The highest BCUT2D eigenvalue weighted by Crippen LogP contribution is 2.23. The van der Waals surface area contributed by atoms with Crippen LogP contribution in [0.3, 0.4) is 0 Å². The summed E-state index contributed by atoms with van der Waals surface area (Å²) in [6, 6.07) is 5.84. The lowest BCUT2D eigenvalue weighted by Crippen LogP contribution is -2.25. The highest BCUT2D eigenvalue weighted by molar-refractivity contribution is 7.11. The smallest absolute Gasteiger partial charge is 0.253 e. The number of fused-ring (bicyclic) bond motifs is 1. The van der Waals surface area contributed by atoms with E-state index in [1.807, 2.05) is 38.4 Å². The number of nitrogens with zero attached hydrogens (tertiary/aromatic N) is 2. The first kappa shape index (κ1) is 14.8. The van der Waals surface area contributed by atoms with E-state index in [9.17, 15) is 4.79 Å². The molecule has 2 heterocycles. The summed E-state index contributed by atoms with van der Waals surface area (Å²) in [7, 11) is 1.83. The number of carbonyl (C=O) groups is 1. The second kappa shape index (κ2) is 5.57. The van der Waals surface area contributed by atoms with Gasteiger partial charge >= 0.3 is 0 Å². The minimum atomic E-state index is 0.0335. The molecule has 0 aliphatic rings. The van der Waals surface area contributed by atoms with Crippen molar-refractivity contribution in [2.24, 2.45) is 0 Å². The SMILES string of the molecule is Cc1ncc(CN(C)C(=O)c2ccc3[nH]c(C)c(C)c3c2)s1. The third-order valence-electron chi connectivity index (χ3n) is 3.96. The Balaban J connectivity index is 1.86. The molecule has 0 radical (unpaired) electrons. The highest BCUT2D eigenvalue weighted by Gasteiger charge is 2.15. The number of carbonyl (C=O) groups excluding carboxylic acids is 1. The number of nitrogens with one attached hydrogen (secondary N) is 1. The summed E-state index contributed by atoms with van der Waals surface area (Å²) in [5.74, 6) is 0.0335. The molecule has 0 saturated heterocycles. The quantitative estimate of drug-likeness (QED) is 0.799. The minimum absolute atomic E-state index is 0.0335. The molecule has 0 fully saturated rings. The first-order chi connectivity index (χ1) is 10.5. The van der Waals surface area contributed by atoms with Crippen LogP contribution in [0, 0.1) is 20.8 Å². The van der Waals surface area contributed by atoms with Crippen molar-refractivity contribution >= 4 is 28.1 Å². The van der Waals surface area contributed by atoms with E-state index in [1.165, 1.54) is 5.56 Å². The predicted molar refractivity (Wildman–Crippen MR) is 90.4 cm³/mol. The number of aromatic nitrogens is 2. The van der Waals surface area contributed by atoms with Gasteiger partial charge in [-0.3, -0.25) is 4.79 Å². The van der Waals surface area contributed by atoms with Gasteiger partial charge in [0.1, 0.15) is 0 Å². The van der Waals surface area contributed by atoms with Crippen molar-refractivity contribution in [2.45, 2.75) is 27.3 Å². The Bertz CT molecular complexity index is 847. The van der Waals surface area contributed by atoms with Gasteiger partial charge < -0.3 is 9.88 Å². The summed E-state index contributed by atoms with van der Waals surface area (Å²) >= 11 is 1.63. The second-order valence-corrected chi connectivity index (χ2v) is 6.96. The lowest BCUT2D eigenvalue weighted by atomic mass is 10.1. The lowest BCUT2D eigenvalue weighted by molar-refractivity contribution is 0.0786. The third-order valence-corrected chi connectivity index (χ3v) is 4.86. The molecule has 0 bridgehead atoms. The standard InChI is InChI=1S/C17H19N3OS/c1-10-11(2)19-16-6-5-13(7-15(10)16)17(21)20(4)9-14-8-18-12(3)22-14/h5-8,19H,9H2,1-4H3. The topological polar surface area (TPSA) is 49.0 Å². The fourth-order valence-electron chi connectivity index (χ4n) is 2.60. The number of hydrogen-bond acceptors (Lipinski definition) is 3. The number of aryl methyl sites for hydroxylation is 3. The van der Waals surface area contributed by atoms with Crippen LogP contribution >= 0.6 is 11.3 Å². The highest BCUT2D eigenvalue weighted by atomic mass is 32.1. The zero-order chi connectivity index (χ0) is 15.9. The zero-order valence-electron chi connectivity index (χ0n) is 13.2. The van der Waals surface area contributed by atoms with Crippen LogP contribution in [-0.2, 0) is 6.54 Å². The Labute approximate surface area is 133 Å². The Hall–Kier alpha value is -2.14. The Morgan fingerprint density at radius 2 is 2.09 bits per heavy atom. The molecule has 0 atom stereocenters. The maximum Gasteiger partial charge on any atom is 0.253 e. The number of benzene rings is 1. The van der Waals surface area contributed by atoms with E-state index in [-0.39, 0.29) is 5.91 Å². The van der Waals surface area contributed by atoms with E-state index in [1.54, 1.807) is 16.2 Å². The van der Waals surface area contributed by atoms with Crippen molar-refractivity contribution in [3.63, 3.8) is 0 Å². The predicted octanol–water partition coefficient (Wildman–Crippen LogP) is 3.82. The molecule has 0 aliphatic heterocycles. The first-order valence-corrected chi connectivity index (χ1v) is 8.03. The van der Waals surface area contributed by atoms with Crippen LogP contribution in [0.4, 0.5) is 0 Å². The molecule has 0 aliphatic carbocycles. The van der Waals surface area contributed by atoms with Crippen LogP contribution in [0.5, 0.6) is 0 Å². The molecule has 0 unspecified atom stereocenters. The van der Waals surface area contributed by atoms with Crippen LogP contribution in [0.25, 0.3) is 10.9 Å². The van der Waals surface area contributed by atoms with Gasteiger partial charge in [-0.05, 0) is 44.5 Å². The maximum atomic E-state index is 12.6. The average Bonchev–Trinajstić information content (AvgIpc) is 3.02. The molecule has 3 aromatic rings. The molecule has 1 amide bonds. The van der Waals surface area contributed by atoms with Gasteiger partial charge in [-0.15, -0.1) is 11.3 Å². The number of amides is 1. The largest absolute Gasteiger partial charge is 0.358 e. The molecular formula is C17H19N3OS. The van der Waals surface area contributed by atoms with Crippen molar-refractivity contribution in [3.8, 4) is 0 Å². The summed E-state index contributed by atoms with van der Waals surface area (Å²) in [5, 5.41) is 2.14. The number of H-pyrrole nitrogens is 1. The van der Waals surface area contributed by atoms with Crippen molar-refractivity contribution < 1.29 is 4.79 Å². The van der Waals surface area contributed by atoms with Crippen LogP contribution in [0.1, 0.15) is 31.5 Å². The molecule has 5 heteroatoms. The fourth-order valence-corrected chi connectivity index (χ4v) is 3.45. The van der Waals surface area contributed by atoms with Gasteiger partial charge in [0.15, 0.2) is 0 Å². The molecule has 1 aromatic carbocycles. The molecule has 0 saturated carbocycles. The summed E-state index contributed by atoms with van der Waals surface area (Å²) in [6.45, 7) is 6.69. The number of thiazole rings is 1. The van der Waals surface area contributed by atoms with Crippen molar-refractivity contribution in [2.75, 3.05) is 7.05 Å². The van der Waals surface area contributed by atoms with Crippen LogP contribution in [-0.4, -0.2) is 27.8 Å². The first-order valence-electron chi connectivity index (χ1n) is 7.21. The number of hydrogen-bond donors (Lipinski definition) is 1. The van der Waals surface area contributed by atoms with Gasteiger partial charge in [-0.1, -0.05) is 0 Å². The zero-order valence-corrected chi connectivity index (χ0v) is 14.0. The summed E-state index contributed by atoms with van der Waals surface area (Å²) < 4.78 is 0. The summed E-state index contributed by atoms with van der Waals surface area (Å²) in [6.07, 6.45) is 1.84. The van der Waals surface area contributed by atoms with Gasteiger partial charge in [0.25, 0.3) is 5.91 Å². The molecule has 3 rings (SSSR count). The lowest BCUT2D eigenvalue weighted by Gasteiger charge is -2.16. The average molecular weight is 313 g/mol.